The van der Waals surface area contributed by atoms with Gasteiger partial charge in [-0.3, -0.25) is 10.1 Å². The van der Waals surface area contributed by atoms with Crippen LogP contribution >= 0.6 is 11.3 Å². The van der Waals surface area contributed by atoms with Crippen molar-refractivity contribution in [3.63, 3.8) is 0 Å². The molecule has 8 heteroatoms. The van der Waals surface area contributed by atoms with Crippen molar-refractivity contribution in [1.82, 2.24) is 35.5 Å². The first-order valence-electron chi connectivity index (χ1n) is 11.8. The first-order chi connectivity index (χ1) is 17.6. The Morgan fingerprint density at radius 1 is 1.14 bits per heavy atom. The second-order valence-corrected chi connectivity index (χ2v) is 9.28. The van der Waals surface area contributed by atoms with E-state index in [1.165, 1.54) is 0 Å². The standard InChI is InChI=1S/C28H27N7S/c1-5-9-17(4)30-19(7-3)14-18(6-2)21-11-12-22-26(31-21)27(35-34-22)28-32-23-16-29-15-20(25(23)33-28)24-10-8-13-36-24/h6-8,10-16,30H,3-5,9H2,1-2H3,(H,32,33)(H,34,35)/b18-6+,19-14+. The average Bonchev–Trinajstić information content (AvgIpc) is 3.65. The van der Waals surface area contributed by atoms with E-state index in [1.54, 1.807) is 23.6 Å². The van der Waals surface area contributed by atoms with Crippen LogP contribution in [0.4, 0.5) is 0 Å². The first kappa shape index (κ1) is 23.4. The van der Waals surface area contributed by atoms with Crippen LogP contribution in [0.15, 0.2) is 84.8 Å². The molecule has 0 fully saturated rings. The summed E-state index contributed by atoms with van der Waals surface area (Å²) in [5, 5.41) is 13.0. The van der Waals surface area contributed by atoms with Gasteiger partial charge < -0.3 is 10.3 Å². The molecule has 5 aromatic heterocycles. The number of allylic oxidation sites excluding steroid dienone is 5. The van der Waals surface area contributed by atoms with Crippen molar-refractivity contribution in [2.24, 2.45) is 0 Å². The normalized spacial score (nSPS) is 12.4. The predicted octanol–water partition coefficient (Wildman–Crippen LogP) is 7.00. The monoisotopic (exact) mass is 493 g/mol. The molecular weight excluding hydrogens is 466 g/mol. The molecule has 0 aliphatic carbocycles. The van der Waals surface area contributed by atoms with Gasteiger partial charge in [0.25, 0.3) is 0 Å². The minimum absolute atomic E-state index is 0.647. The second kappa shape index (κ2) is 10.1. The highest BCUT2D eigenvalue weighted by atomic mass is 32.1. The minimum Gasteiger partial charge on any atom is -0.359 e. The maximum absolute atomic E-state index is 4.96. The smallest absolute Gasteiger partial charge is 0.161 e. The number of imidazole rings is 1. The maximum Gasteiger partial charge on any atom is 0.161 e. The Hall–Kier alpha value is -4.30. The summed E-state index contributed by atoms with van der Waals surface area (Å²) in [7, 11) is 0. The van der Waals surface area contributed by atoms with Crippen LogP contribution in [0, 0.1) is 0 Å². The molecule has 0 aliphatic rings. The van der Waals surface area contributed by atoms with Crippen LogP contribution < -0.4 is 5.32 Å². The molecule has 180 valence electrons. The molecule has 0 saturated heterocycles. The fourth-order valence-corrected chi connectivity index (χ4v) is 4.81. The van der Waals surface area contributed by atoms with E-state index in [0.717, 1.165) is 68.0 Å². The number of hydrogen-bond acceptors (Lipinski definition) is 6. The molecule has 5 heterocycles. The van der Waals surface area contributed by atoms with Crippen molar-refractivity contribution in [3.05, 3.63) is 90.5 Å². The Balaban J connectivity index is 1.54. The SMILES string of the molecule is C=C/C(=C\C(=C/C)c1ccc2[nH]nc(-c3nc4c(-c5cccs5)cncc4[nH]3)c2n1)NC(=C)CCC. The zero-order chi connectivity index (χ0) is 25.1. The molecule has 0 aliphatic heterocycles. The van der Waals surface area contributed by atoms with Gasteiger partial charge in [0.1, 0.15) is 11.0 Å². The zero-order valence-corrected chi connectivity index (χ0v) is 21.1. The third-order valence-electron chi connectivity index (χ3n) is 5.82. The minimum atomic E-state index is 0.647. The Bertz CT molecular complexity index is 1620. The van der Waals surface area contributed by atoms with Gasteiger partial charge in [-0.05, 0) is 54.6 Å². The van der Waals surface area contributed by atoms with E-state index in [1.807, 2.05) is 43.5 Å². The van der Waals surface area contributed by atoms with Crippen LogP contribution in [0.5, 0.6) is 0 Å². The molecule has 0 bridgehead atoms. The van der Waals surface area contributed by atoms with Gasteiger partial charge in [-0.1, -0.05) is 38.6 Å². The molecule has 0 spiro atoms. The highest BCUT2D eigenvalue weighted by Gasteiger charge is 2.17. The summed E-state index contributed by atoms with van der Waals surface area (Å²) >= 11 is 1.66. The summed E-state index contributed by atoms with van der Waals surface area (Å²) in [5.41, 5.74) is 8.58. The maximum atomic E-state index is 4.96. The number of hydrogen-bond donors (Lipinski definition) is 3. The Labute approximate surface area is 213 Å². The second-order valence-electron chi connectivity index (χ2n) is 8.34. The number of aromatic nitrogens is 6. The number of thiophene rings is 1. The van der Waals surface area contributed by atoms with Crippen LogP contribution in [0.25, 0.3) is 49.6 Å². The summed E-state index contributed by atoms with van der Waals surface area (Å²) in [5.74, 6) is 0.647. The molecule has 7 nitrogen and oxygen atoms in total. The third kappa shape index (κ3) is 4.50. The summed E-state index contributed by atoms with van der Waals surface area (Å²) < 4.78 is 0. The van der Waals surface area contributed by atoms with Crippen molar-refractivity contribution in [3.8, 4) is 22.0 Å². The molecule has 0 unspecified atom stereocenters. The molecule has 36 heavy (non-hydrogen) atoms. The van der Waals surface area contributed by atoms with E-state index in [9.17, 15) is 0 Å². The van der Waals surface area contributed by atoms with Crippen LogP contribution in [0.1, 0.15) is 32.4 Å². The fraction of sp³-hybridized carbons (Fsp3) is 0.143. The lowest BCUT2D eigenvalue weighted by Gasteiger charge is -2.11. The van der Waals surface area contributed by atoms with Gasteiger partial charge in [0.2, 0.25) is 0 Å². The fourth-order valence-electron chi connectivity index (χ4n) is 4.07. The first-order valence-corrected chi connectivity index (χ1v) is 12.7. The average molecular weight is 494 g/mol. The van der Waals surface area contributed by atoms with Crippen molar-refractivity contribution < 1.29 is 0 Å². The quantitative estimate of drug-likeness (QED) is 0.192. The molecule has 5 rings (SSSR count). The summed E-state index contributed by atoms with van der Waals surface area (Å²) in [6.07, 6.45) is 11.4. The van der Waals surface area contributed by atoms with E-state index in [0.29, 0.717) is 11.5 Å². The predicted molar refractivity (Wildman–Crippen MR) is 149 cm³/mol. The van der Waals surface area contributed by atoms with Gasteiger partial charge in [0, 0.05) is 28.0 Å². The topological polar surface area (TPSA) is 95.2 Å². The number of fused-ring (bicyclic) bond motifs is 2. The Morgan fingerprint density at radius 2 is 2.03 bits per heavy atom. The highest BCUT2D eigenvalue weighted by Crippen LogP contribution is 2.32. The Kier molecular flexibility index (Phi) is 6.60. The number of H-pyrrole nitrogens is 2. The number of nitrogens with zero attached hydrogens (tertiary/aromatic N) is 4. The number of rotatable bonds is 9. The molecule has 5 aromatic rings. The highest BCUT2D eigenvalue weighted by molar-refractivity contribution is 7.13. The van der Waals surface area contributed by atoms with Crippen molar-refractivity contribution in [2.75, 3.05) is 0 Å². The number of aromatic amines is 2. The third-order valence-corrected chi connectivity index (χ3v) is 6.73. The van der Waals surface area contributed by atoms with Crippen molar-refractivity contribution in [1.29, 1.82) is 0 Å². The van der Waals surface area contributed by atoms with Crippen LogP contribution in [-0.2, 0) is 0 Å². The molecule has 0 atom stereocenters. The summed E-state index contributed by atoms with van der Waals surface area (Å²) in [6, 6.07) is 8.07. The molecular formula is C28H27N7S. The van der Waals surface area contributed by atoms with Crippen molar-refractivity contribution >= 4 is 39.0 Å². The summed E-state index contributed by atoms with van der Waals surface area (Å²) in [4.78, 5) is 18.8. The van der Waals surface area contributed by atoms with Gasteiger partial charge in [-0.2, -0.15) is 5.10 Å². The molecule has 0 aromatic carbocycles. The van der Waals surface area contributed by atoms with Gasteiger partial charge in [-0.25, -0.2) is 9.97 Å². The van der Waals surface area contributed by atoms with Gasteiger partial charge >= 0.3 is 0 Å². The van der Waals surface area contributed by atoms with E-state index in [4.69, 9.17) is 9.97 Å². The molecule has 0 amide bonds. The van der Waals surface area contributed by atoms with Crippen LogP contribution in [0.3, 0.4) is 0 Å². The lowest BCUT2D eigenvalue weighted by molar-refractivity contribution is 0.829. The zero-order valence-electron chi connectivity index (χ0n) is 20.3. The van der Waals surface area contributed by atoms with Crippen molar-refractivity contribution in [2.45, 2.75) is 26.7 Å². The lowest BCUT2D eigenvalue weighted by Crippen LogP contribution is -2.10. The Morgan fingerprint density at radius 3 is 2.78 bits per heavy atom. The molecule has 0 radical (unpaired) electrons. The number of pyridine rings is 2. The van der Waals surface area contributed by atoms with E-state index in [2.05, 4.69) is 57.0 Å². The molecule has 3 N–H and O–H groups in total. The van der Waals surface area contributed by atoms with Gasteiger partial charge in [0.15, 0.2) is 11.5 Å². The van der Waals surface area contributed by atoms with Gasteiger partial charge in [0.05, 0.1) is 22.9 Å². The van der Waals surface area contributed by atoms with E-state index in [-0.39, 0.29) is 0 Å². The van der Waals surface area contributed by atoms with Crippen LogP contribution in [-0.4, -0.2) is 30.1 Å². The van der Waals surface area contributed by atoms with Gasteiger partial charge in [-0.15, -0.1) is 11.3 Å². The van der Waals surface area contributed by atoms with E-state index < -0.39 is 0 Å². The molecule has 0 saturated carbocycles. The largest absolute Gasteiger partial charge is 0.359 e. The summed E-state index contributed by atoms with van der Waals surface area (Å²) in [6.45, 7) is 12.2. The number of nitrogens with one attached hydrogen (secondary N) is 3. The lowest BCUT2D eigenvalue weighted by atomic mass is 10.1. The van der Waals surface area contributed by atoms with Crippen LogP contribution in [0.2, 0.25) is 0 Å². The van der Waals surface area contributed by atoms with E-state index >= 15 is 0 Å².